The number of nitrogens with two attached hydrogens (primary N) is 1. The average molecular weight is 409 g/mol. The molecule has 1 saturated heterocycles. The van der Waals surface area contributed by atoms with Crippen molar-refractivity contribution in [3.8, 4) is 0 Å². The van der Waals surface area contributed by atoms with Crippen LogP contribution in [0.1, 0.15) is 11.8 Å². The zero-order chi connectivity index (χ0) is 21.1. The third-order valence-corrected chi connectivity index (χ3v) is 4.53. The van der Waals surface area contributed by atoms with Crippen LogP contribution in [0.2, 0.25) is 0 Å². The summed E-state index contributed by atoms with van der Waals surface area (Å²) in [6.07, 6.45) is -5.02. The maximum Gasteiger partial charge on any atom is 0.330 e. The first-order chi connectivity index (χ1) is 13.8. The van der Waals surface area contributed by atoms with Crippen LogP contribution in [0.25, 0.3) is 0 Å². The molecule has 5 atom stereocenters. The van der Waals surface area contributed by atoms with E-state index in [1.165, 1.54) is 0 Å². The molecule has 1 aromatic carbocycles. The number of benzene rings is 1. The van der Waals surface area contributed by atoms with Crippen LogP contribution in [0.3, 0.4) is 0 Å². The minimum Gasteiger partial charge on any atom is -0.462 e. The minimum atomic E-state index is -1.63. The Morgan fingerprint density at radius 3 is 2.66 bits per heavy atom. The molecule has 2 heterocycles. The molecule has 1 aromatic heterocycles. The highest BCUT2D eigenvalue weighted by Crippen LogP contribution is 2.28. The molecule has 2 aromatic rings. The van der Waals surface area contributed by atoms with Crippen molar-refractivity contribution in [3.05, 3.63) is 68.7 Å². The van der Waals surface area contributed by atoms with E-state index < -0.39 is 60.2 Å². The Morgan fingerprint density at radius 1 is 1.28 bits per heavy atom. The van der Waals surface area contributed by atoms with Crippen LogP contribution >= 0.6 is 0 Å². The summed E-state index contributed by atoms with van der Waals surface area (Å²) in [7, 11) is 0. The van der Waals surface area contributed by atoms with Crippen LogP contribution in [-0.4, -0.2) is 56.7 Å². The molecule has 0 radical (unpaired) electrons. The van der Waals surface area contributed by atoms with E-state index in [2.05, 4.69) is 0 Å². The average Bonchev–Trinajstić information content (AvgIpc) is 2.98. The van der Waals surface area contributed by atoms with Gasteiger partial charge in [-0.15, -0.1) is 0 Å². The first-order valence-electron chi connectivity index (χ1n) is 8.76. The van der Waals surface area contributed by atoms with Gasteiger partial charge in [0.15, 0.2) is 6.23 Å². The Hall–Kier alpha value is -2.86. The molecular formula is C18H20FN3O7. The molecule has 5 N–H and O–H groups in total. The summed E-state index contributed by atoms with van der Waals surface area (Å²) in [5.74, 6) is -2.01. The van der Waals surface area contributed by atoms with Gasteiger partial charge in [-0.2, -0.15) is 4.39 Å². The smallest absolute Gasteiger partial charge is 0.330 e. The molecule has 0 amide bonds. The van der Waals surface area contributed by atoms with Crippen molar-refractivity contribution >= 4 is 5.97 Å². The number of aliphatic hydroxyl groups excluding tert-OH is 2. The number of H-pyrrole nitrogens is 1. The van der Waals surface area contributed by atoms with E-state index >= 15 is 0 Å². The molecule has 0 aliphatic carbocycles. The van der Waals surface area contributed by atoms with E-state index in [1.54, 1.807) is 29.2 Å². The van der Waals surface area contributed by atoms with E-state index in [1.807, 2.05) is 6.07 Å². The molecule has 0 unspecified atom stereocenters. The number of aromatic nitrogens is 2. The second kappa shape index (κ2) is 8.66. The van der Waals surface area contributed by atoms with Gasteiger partial charge < -0.3 is 25.4 Å². The predicted octanol–water partition coefficient (Wildman–Crippen LogP) is -1.59. The molecule has 0 saturated carbocycles. The van der Waals surface area contributed by atoms with Gasteiger partial charge in [-0.05, 0) is 12.0 Å². The van der Waals surface area contributed by atoms with E-state index in [4.69, 9.17) is 15.2 Å². The fourth-order valence-electron chi connectivity index (χ4n) is 2.97. The van der Waals surface area contributed by atoms with Gasteiger partial charge in [0.05, 0.1) is 6.20 Å². The number of hydrogen-bond acceptors (Lipinski definition) is 8. The topological polar surface area (TPSA) is 157 Å². The monoisotopic (exact) mass is 409 g/mol. The van der Waals surface area contributed by atoms with Gasteiger partial charge >= 0.3 is 11.7 Å². The normalized spacial score (nSPS) is 25.0. The van der Waals surface area contributed by atoms with Crippen LogP contribution in [-0.2, 0) is 20.7 Å². The van der Waals surface area contributed by atoms with Crippen molar-refractivity contribution in [2.24, 2.45) is 5.73 Å². The number of carbonyl (C=O) groups is 1. The van der Waals surface area contributed by atoms with Gasteiger partial charge in [0.1, 0.15) is 31.0 Å². The number of nitrogens with one attached hydrogen (secondary N) is 1. The summed E-state index contributed by atoms with van der Waals surface area (Å²) < 4.78 is 24.5. The third-order valence-electron chi connectivity index (χ3n) is 4.53. The maximum atomic E-state index is 13.5. The molecule has 156 valence electrons. The highest BCUT2D eigenvalue weighted by molar-refractivity contribution is 5.75. The van der Waals surface area contributed by atoms with Gasteiger partial charge in [-0.25, -0.2) is 4.79 Å². The van der Waals surface area contributed by atoms with Gasteiger partial charge in [0.2, 0.25) is 5.82 Å². The predicted molar refractivity (Wildman–Crippen MR) is 96.3 cm³/mol. The lowest BCUT2D eigenvalue weighted by molar-refractivity contribution is -0.151. The second-order valence-electron chi connectivity index (χ2n) is 6.62. The van der Waals surface area contributed by atoms with Crippen LogP contribution in [0.4, 0.5) is 4.39 Å². The number of nitrogens with zero attached hydrogens (tertiary/aromatic N) is 1. The van der Waals surface area contributed by atoms with Crippen LogP contribution in [0.15, 0.2) is 46.1 Å². The summed E-state index contributed by atoms with van der Waals surface area (Å²) in [6.45, 7) is -0.448. The van der Waals surface area contributed by atoms with Crippen molar-refractivity contribution in [1.82, 2.24) is 9.55 Å². The van der Waals surface area contributed by atoms with Crippen molar-refractivity contribution in [2.75, 3.05) is 6.61 Å². The number of ether oxygens (including phenoxy) is 2. The number of carbonyl (C=O) groups excluding carboxylic acids is 1. The van der Waals surface area contributed by atoms with Crippen molar-refractivity contribution in [2.45, 2.75) is 37.0 Å². The fourth-order valence-corrected chi connectivity index (χ4v) is 2.97. The molecule has 0 spiro atoms. The zero-order valence-corrected chi connectivity index (χ0v) is 15.1. The summed E-state index contributed by atoms with van der Waals surface area (Å²) in [5, 5.41) is 20.2. The molecule has 29 heavy (non-hydrogen) atoms. The highest BCUT2D eigenvalue weighted by Gasteiger charge is 2.45. The largest absolute Gasteiger partial charge is 0.462 e. The minimum absolute atomic E-state index is 0.241. The summed E-state index contributed by atoms with van der Waals surface area (Å²) in [4.78, 5) is 36.8. The molecule has 0 bridgehead atoms. The molecule has 11 heteroatoms. The molecule has 1 aliphatic heterocycles. The lowest BCUT2D eigenvalue weighted by Gasteiger charge is -2.17. The summed E-state index contributed by atoms with van der Waals surface area (Å²) >= 11 is 0. The third kappa shape index (κ3) is 4.59. The lowest BCUT2D eigenvalue weighted by atomic mass is 10.1. The standard InChI is InChI=1S/C18H20FN3O7/c19-10-7-22(18(27)21-15(10)25)16-14(24)13(23)12(29-16)8-28-17(26)11(20)6-9-4-2-1-3-5-9/h1-5,7,11-14,16,23-24H,6,8,20H2,(H,21,25,27)/t11-,12+,13+,14+,16+/m0/s1. The molecule has 10 nitrogen and oxygen atoms in total. The maximum absolute atomic E-state index is 13.5. The molecule has 3 rings (SSSR count). The van der Waals surface area contributed by atoms with E-state index in [9.17, 15) is 29.0 Å². The second-order valence-corrected chi connectivity index (χ2v) is 6.62. The number of esters is 1. The Morgan fingerprint density at radius 2 is 1.97 bits per heavy atom. The van der Waals surface area contributed by atoms with Gasteiger partial charge in [-0.1, -0.05) is 30.3 Å². The lowest BCUT2D eigenvalue weighted by Crippen LogP contribution is -2.39. The van der Waals surface area contributed by atoms with Crippen LogP contribution < -0.4 is 17.0 Å². The summed E-state index contributed by atoms with van der Waals surface area (Å²) in [5.41, 5.74) is 4.40. The molecule has 1 aliphatic rings. The van der Waals surface area contributed by atoms with Crippen molar-refractivity contribution < 1.29 is 28.9 Å². The van der Waals surface area contributed by atoms with Crippen LogP contribution in [0, 0.1) is 5.82 Å². The number of aliphatic hydroxyl groups is 2. The van der Waals surface area contributed by atoms with Gasteiger partial charge in [-0.3, -0.25) is 19.1 Å². The first-order valence-corrected chi connectivity index (χ1v) is 8.76. The number of hydrogen-bond donors (Lipinski definition) is 4. The van der Waals surface area contributed by atoms with Crippen molar-refractivity contribution in [1.29, 1.82) is 0 Å². The van der Waals surface area contributed by atoms with E-state index in [-0.39, 0.29) is 6.42 Å². The molecular weight excluding hydrogens is 389 g/mol. The van der Waals surface area contributed by atoms with Gasteiger partial charge in [0.25, 0.3) is 5.56 Å². The Kier molecular flexibility index (Phi) is 6.23. The van der Waals surface area contributed by atoms with E-state index in [0.29, 0.717) is 10.8 Å². The van der Waals surface area contributed by atoms with E-state index in [0.717, 1.165) is 5.56 Å². The zero-order valence-electron chi connectivity index (χ0n) is 15.1. The van der Waals surface area contributed by atoms with Crippen molar-refractivity contribution in [3.63, 3.8) is 0 Å². The SMILES string of the molecule is N[C@@H](Cc1ccccc1)C(=O)OC[C@H]1O[C@@H](n2cc(F)c(=O)[nH]c2=O)[C@H](O)[C@@H]1O. The number of rotatable bonds is 6. The highest BCUT2D eigenvalue weighted by atomic mass is 19.1. The summed E-state index contributed by atoms with van der Waals surface area (Å²) in [6, 6.07) is 8.09. The molecule has 1 fully saturated rings. The fraction of sp³-hybridized carbons (Fsp3) is 0.389. The Bertz CT molecular complexity index is 977. The number of aromatic amines is 1. The Labute approximate surface area is 163 Å². The first kappa shape index (κ1) is 20.9. The quantitative estimate of drug-likeness (QED) is 0.416. The Balaban J connectivity index is 1.62. The van der Waals surface area contributed by atoms with Gasteiger partial charge in [0, 0.05) is 0 Å². The van der Waals surface area contributed by atoms with Crippen LogP contribution in [0.5, 0.6) is 0 Å². The number of halogens is 1.